The number of benzene rings is 1. The number of methoxy groups -OCH3 is 1. The number of halogens is 2. The Kier molecular flexibility index (Phi) is 5.77. The third-order valence-electron chi connectivity index (χ3n) is 1.39. The molecule has 0 N–H and O–H groups in total. The smallest absolute Gasteiger partial charge is 0.768 e. The first-order valence-corrected chi connectivity index (χ1v) is 4.26. The summed E-state index contributed by atoms with van der Waals surface area (Å²) < 4.78 is 50.7. The van der Waals surface area contributed by atoms with Crippen LogP contribution in [-0.4, -0.2) is 15.9 Å². The SMILES string of the molecule is COc1cc(S(=O)[O-])c(F)cc1F.[Na+]. The van der Waals surface area contributed by atoms with E-state index in [4.69, 9.17) is 0 Å². The average molecular weight is 230 g/mol. The molecule has 3 nitrogen and oxygen atoms in total. The van der Waals surface area contributed by atoms with Crippen molar-refractivity contribution in [2.24, 2.45) is 0 Å². The quantitative estimate of drug-likeness (QED) is 0.445. The maximum atomic E-state index is 12.7. The Morgan fingerprint density at radius 3 is 2.36 bits per heavy atom. The van der Waals surface area contributed by atoms with Crippen LogP contribution in [0.5, 0.6) is 5.75 Å². The molecule has 0 saturated carbocycles. The molecule has 0 radical (unpaired) electrons. The molecule has 0 bridgehead atoms. The van der Waals surface area contributed by atoms with E-state index in [1.54, 1.807) is 0 Å². The van der Waals surface area contributed by atoms with Crippen molar-refractivity contribution in [1.82, 2.24) is 0 Å². The molecule has 72 valence electrons. The molecule has 0 aliphatic rings. The van der Waals surface area contributed by atoms with Crippen LogP contribution in [0.3, 0.4) is 0 Å². The molecule has 1 aromatic rings. The summed E-state index contributed by atoms with van der Waals surface area (Å²) in [4.78, 5) is -0.613. The molecule has 0 aliphatic carbocycles. The van der Waals surface area contributed by atoms with Crippen molar-refractivity contribution in [3.63, 3.8) is 0 Å². The van der Waals surface area contributed by atoms with Crippen molar-refractivity contribution in [3.05, 3.63) is 23.8 Å². The van der Waals surface area contributed by atoms with Gasteiger partial charge in [0, 0.05) is 12.1 Å². The molecule has 0 saturated heterocycles. The molecule has 0 heterocycles. The normalized spacial score (nSPS) is 11.7. The monoisotopic (exact) mass is 230 g/mol. The van der Waals surface area contributed by atoms with Crippen molar-refractivity contribution in [1.29, 1.82) is 0 Å². The van der Waals surface area contributed by atoms with E-state index in [-0.39, 0.29) is 35.3 Å². The zero-order valence-corrected chi connectivity index (χ0v) is 10.4. The van der Waals surface area contributed by atoms with E-state index in [0.717, 1.165) is 13.2 Å². The van der Waals surface area contributed by atoms with Crippen LogP contribution in [0.15, 0.2) is 17.0 Å². The average Bonchev–Trinajstić information content (AvgIpc) is 2.03. The minimum atomic E-state index is -2.73. The Morgan fingerprint density at radius 2 is 1.93 bits per heavy atom. The van der Waals surface area contributed by atoms with Gasteiger partial charge in [-0.15, -0.1) is 0 Å². The van der Waals surface area contributed by atoms with Gasteiger partial charge in [-0.25, -0.2) is 8.78 Å². The molecular weight excluding hydrogens is 225 g/mol. The standard InChI is InChI=1S/C7H6F2O3S.Na/c1-12-6-3-7(13(10)11)5(9)2-4(6)8;/h2-3H,1H3,(H,10,11);/q;+1/p-1. The summed E-state index contributed by atoms with van der Waals surface area (Å²) in [5.41, 5.74) is 0. The molecule has 7 heteroatoms. The first kappa shape index (κ1) is 14.0. The molecule has 0 fully saturated rings. The van der Waals surface area contributed by atoms with Crippen molar-refractivity contribution in [3.8, 4) is 5.75 Å². The number of hydrogen-bond donors (Lipinski definition) is 0. The molecule has 1 aromatic carbocycles. The fraction of sp³-hybridized carbons (Fsp3) is 0.143. The van der Waals surface area contributed by atoms with Crippen LogP contribution in [0, 0.1) is 11.6 Å². The van der Waals surface area contributed by atoms with E-state index >= 15 is 0 Å². The second kappa shape index (κ2) is 5.77. The number of rotatable bonds is 2. The molecule has 1 rings (SSSR count). The van der Waals surface area contributed by atoms with Gasteiger partial charge in [0.25, 0.3) is 0 Å². The van der Waals surface area contributed by atoms with Crippen molar-refractivity contribution < 1.29 is 51.8 Å². The third kappa shape index (κ3) is 2.99. The van der Waals surface area contributed by atoms with Crippen LogP contribution in [0.25, 0.3) is 0 Å². The van der Waals surface area contributed by atoms with Crippen LogP contribution >= 0.6 is 0 Å². The molecular formula is C7H5F2NaO3S. The Hall–Kier alpha value is -0.0100. The summed E-state index contributed by atoms with van der Waals surface area (Å²) >= 11 is -2.73. The maximum absolute atomic E-state index is 12.7. The predicted octanol–water partition coefficient (Wildman–Crippen LogP) is -1.78. The summed E-state index contributed by atoms with van der Waals surface area (Å²) in [6, 6.07) is 1.25. The molecule has 0 amide bonds. The molecule has 14 heavy (non-hydrogen) atoms. The minimum absolute atomic E-state index is 0. The van der Waals surface area contributed by atoms with E-state index in [9.17, 15) is 17.5 Å². The fourth-order valence-corrected chi connectivity index (χ4v) is 1.22. The van der Waals surface area contributed by atoms with Crippen molar-refractivity contribution >= 4 is 11.1 Å². The van der Waals surface area contributed by atoms with Crippen molar-refractivity contribution in [2.75, 3.05) is 7.11 Å². The van der Waals surface area contributed by atoms with Crippen LogP contribution in [-0.2, 0) is 11.1 Å². The Morgan fingerprint density at radius 1 is 1.36 bits per heavy atom. The van der Waals surface area contributed by atoms with E-state index in [2.05, 4.69) is 4.74 Å². The van der Waals surface area contributed by atoms with Crippen LogP contribution in [0.4, 0.5) is 8.78 Å². The van der Waals surface area contributed by atoms with Gasteiger partial charge in [-0.2, -0.15) is 0 Å². The largest absolute Gasteiger partial charge is 1.00 e. The molecule has 0 spiro atoms. The molecule has 0 aliphatic heterocycles. The Labute approximate surface area is 104 Å². The molecule has 0 aromatic heterocycles. The van der Waals surface area contributed by atoms with Gasteiger partial charge in [-0.1, -0.05) is 0 Å². The topological polar surface area (TPSA) is 49.4 Å². The zero-order chi connectivity index (χ0) is 10.0. The Bertz CT molecular complexity index is 359. The maximum Gasteiger partial charge on any atom is 1.00 e. The van der Waals surface area contributed by atoms with E-state index in [1.165, 1.54) is 0 Å². The zero-order valence-electron chi connectivity index (χ0n) is 7.54. The predicted molar refractivity (Wildman–Crippen MR) is 40.1 cm³/mol. The van der Waals surface area contributed by atoms with Crippen LogP contribution in [0.2, 0.25) is 0 Å². The van der Waals surface area contributed by atoms with Crippen molar-refractivity contribution in [2.45, 2.75) is 4.90 Å². The second-order valence-corrected chi connectivity index (χ2v) is 3.06. The van der Waals surface area contributed by atoms with Crippen LogP contribution in [0.1, 0.15) is 0 Å². The van der Waals surface area contributed by atoms with Gasteiger partial charge in [0.05, 0.1) is 12.0 Å². The van der Waals surface area contributed by atoms with Crippen LogP contribution < -0.4 is 34.3 Å². The summed E-state index contributed by atoms with van der Waals surface area (Å²) in [6.45, 7) is 0. The van der Waals surface area contributed by atoms with E-state index in [0.29, 0.717) is 6.07 Å². The van der Waals surface area contributed by atoms with Gasteiger partial charge < -0.3 is 9.29 Å². The van der Waals surface area contributed by atoms with Gasteiger partial charge in [-0.05, 0) is 11.1 Å². The van der Waals surface area contributed by atoms with Gasteiger partial charge >= 0.3 is 29.6 Å². The fourth-order valence-electron chi connectivity index (χ4n) is 0.795. The van der Waals surface area contributed by atoms with Gasteiger partial charge in [0.15, 0.2) is 11.6 Å². The summed E-state index contributed by atoms with van der Waals surface area (Å²) in [5.74, 6) is -2.37. The summed E-state index contributed by atoms with van der Waals surface area (Å²) in [5, 5.41) is 0. The Balaban J connectivity index is 0.00000169. The summed E-state index contributed by atoms with van der Waals surface area (Å²) in [7, 11) is 1.16. The third-order valence-corrected chi connectivity index (χ3v) is 2.06. The number of ether oxygens (including phenoxy) is 1. The first-order valence-electron chi connectivity index (χ1n) is 3.18. The second-order valence-electron chi connectivity index (χ2n) is 2.15. The van der Waals surface area contributed by atoms with Gasteiger partial charge in [-0.3, -0.25) is 4.21 Å². The minimum Gasteiger partial charge on any atom is -0.768 e. The van der Waals surface area contributed by atoms with Gasteiger partial charge in [0.2, 0.25) is 0 Å². The van der Waals surface area contributed by atoms with Gasteiger partial charge in [0.1, 0.15) is 5.82 Å². The molecule has 1 atom stereocenters. The summed E-state index contributed by atoms with van der Waals surface area (Å²) in [6.07, 6.45) is 0. The van der Waals surface area contributed by atoms with E-state index < -0.39 is 27.6 Å². The molecule has 1 unspecified atom stereocenters. The number of hydrogen-bond acceptors (Lipinski definition) is 3. The van der Waals surface area contributed by atoms with E-state index in [1.807, 2.05) is 0 Å². The first-order chi connectivity index (χ1) is 6.06.